The van der Waals surface area contributed by atoms with Crippen LogP contribution in [0.4, 0.5) is 0 Å². The second-order valence-corrected chi connectivity index (χ2v) is 4.61. The van der Waals surface area contributed by atoms with Crippen molar-refractivity contribution in [1.29, 1.82) is 0 Å². The summed E-state index contributed by atoms with van der Waals surface area (Å²) in [6.07, 6.45) is 0. The van der Waals surface area contributed by atoms with Gasteiger partial charge in [0.05, 0.1) is 10.9 Å². The highest BCUT2D eigenvalue weighted by atomic mass is 35.5. The Morgan fingerprint density at radius 1 is 1.38 bits per heavy atom. The predicted octanol–water partition coefficient (Wildman–Crippen LogP) is 3.89. The van der Waals surface area contributed by atoms with Gasteiger partial charge in [0.15, 0.2) is 5.78 Å². The van der Waals surface area contributed by atoms with Crippen molar-refractivity contribution in [2.75, 3.05) is 5.88 Å². The van der Waals surface area contributed by atoms with E-state index in [1.165, 1.54) is 11.3 Å². The van der Waals surface area contributed by atoms with Crippen LogP contribution in [0.3, 0.4) is 0 Å². The van der Waals surface area contributed by atoms with Crippen molar-refractivity contribution < 1.29 is 4.79 Å². The zero-order valence-corrected chi connectivity index (χ0v) is 10.4. The highest BCUT2D eigenvalue weighted by molar-refractivity contribution is 7.13. The molecule has 0 unspecified atom stereocenters. The van der Waals surface area contributed by atoms with Gasteiger partial charge in [-0.15, -0.1) is 22.9 Å². The van der Waals surface area contributed by atoms with Crippen LogP contribution in [-0.2, 0) is 0 Å². The third-order valence-corrected chi connectivity index (χ3v) is 3.46. The number of carbonyl (C=O) groups excluding carboxylic acids is 1. The van der Waals surface area contributed by atoms with Gasteiger partial charge < -0.3 is 0 Å². The Hall–Kier alpha value is -0.900. The van der Waals surface area contributed by atoms with E-state index in [0.29, 0.717) is 10.7 Å². The molecule has 5 heteroatoms. The monoisotopic (exact) mass is 271 g/mol. The fourth-order valence-electron chi connectivity index (χ4n) is 1.23. The van der Waals surface area contributed by atoms with Gasteiger partial charge in [-0.2, -0.15) is 0 Å². The Bertz CT molecular complexity index is 524. The molecule has 2 nitrogen and oxygen atoms in total. The van der Waals surface area contributed by atoms with E-state index in [1.807, 2.05) is 18.2 Å². The number of rotatable bonds is 3. The van der Waals surface area contributed by atoms with Crippen molar-refractivity contribution in [2.24, 2.45) is 0 Å². The molecule has 0 amide bonds. The lowest BCUT2D eigenvalue weighted by atomic mass is 10.2. The summed E-state index contributed by atoms with van der Waals surface area (Å²) in [5.41, 5.74) is 1.23. The minimum absolute atomic E-state index is 0.0499. The van der Waals surface area contributed by atoms with Gasteiger partial charge >= 0.3 is 0 Å². The number of alkyl halides is 1. The zero-order valence-electron chi connectivity index (χ0n) is 8.11. The van der Waals surface area contributed by atoms with Crippen molar-refractivity contribution >= 4 is 40.3 Å². The first-order valence-electron chi connectivity index (χ1n) is 4.52. The molecule has 0 aliphatic rings. The summed E-state index contributed by atoms with van der Waals surface area (Å²) in [6.45, 7) is 0. The molecule has 0 spiro atoms. The van der Waals surface area contributed by atoms with Crippen LogP contribution in [0.15, 0.2) is 29.6 Å². The Kier molecular flexibility index (Phi) is 3.59. The van der Waals surface area contributed by atoms with E-state index in [1.54, 1.807) is 11.4 Å². The van der Waals surface area contributed by atoms with Gasteiger partial charge in [-0.3, -0.25) is 4.79 Å². The first-order chi connectivity index (χ1) is 7.72. The predicted molar refractivity (Wildman–Crippen MR) is 67.6 cm³/mol. The van der Waals surface area contributed by atoms with Crippen LogP contribution in [0.1, 0.15) is 10.5 Å². The van der Waals surface area contributed by atoms with Gasteiger partial charge in [0.1, 0.15) is 10.7 Å². The Labute approximate surface area is 107 Å². The lowest BCUT2D eigenvalue weighted by Gasteiger charge is -1.98. The standard InChI is InChI=1S/C11H7Cl2NOS/c12-5-10(15)9-6-16-11(14-9)7-3-1-2-4-8(7)13/h1-4,6H,5H2. The summed E-state index contributed by atoms with van der Waals surface area (Å²) in [7, 11) is 0. The minimum atomic E-state index is -0.170. The van der Waals surface area contributed by atoms with Crippen LogP contribution in [0, 0.1) is 0 Å². The first kappa shape index (κ1) is 11.6. The summed E-state index contributed by atoms with van der Waals surface area (Å²) in [5, 5.41) is 3.06. The quantitative estimate of drug-likeness (QED) is 0.626. The second kappa shape index (κ2) is 4.95. The fraction of sp³-hybridized carbons (Fsp3) is 0.0909. The van der Waals surface area contributed by atoms with E-state index < -0.39 is 0 Å². The zero-order chi connectivity index (χ0) is 11.5. The number of thiazole rings is 1. The third-order valence-electron chi connectivity index (χ3n) is 2.02. The smallest absolute Gasteiger partial charge is 0.196 e. The highest BCUT2D eigenvalue weighted by Crippen LogP contribution is 2.30. The SMILES string of the molecule is O=C(CCl)c1csc(-c2ccccc2Cl)n1. The molecule has 1 aromatic heterocycles. The van der Waals surface area contributed by atoms with Crippen molar-refractivity contribution in [3.63, 3.8) is 0 Å². The lowest BCUT2D eigenvalue weighted by Crippen LogP contribution is -2.00. The molecular formula is C11H7Cl2NOS. The van der Waals surface area contributed by atoms with Gasteiger partial charge in [0.25, 0.3) is 0 Å². The molecule has 0 fully saturated rings. The third kappa shape index (κ3) is 2.26. The average Bonchev–Trinajstić information content (AvgIpc) is 2.78. The molecule has 2 aromatic rings. The number of benzene rings is 1. The van der Waals surface area contributed by atoms with Crippen molar-refractivity contribution in [2.45, 2.75) is 0 Å². The second-order valence-electron chi connectivity index (χ2n) is 3.07. The molecule has 0 radical (unpaired) electrons. The number of ketones is 1. The highest BCUT2D eigenvalue weighted by Gasteiger charge is 2.12. The molecule has 1 heterocycles. The number of carbonyl (C=O) groups is 1. The molecule has 0 N–H and O–H groups in total. The molecule has 0 saturated carbocycles. The van der Waals surface area contributed by atoms with Gasteiger partial charge in [-0.25, -0.2) is 4.98 Å². The fourth-order valence-corrected chi connectivity index (χ4v) is 2.51. The summed E-state index contributed by atoms with van der Waals surface area (Å²) in [4.78, 5) is 15.5. The van der Waals surface area contributed by atoms with Crippen LogP contribution in [0.2, 0.25) is 5.02 Å². The maximum atomic E-state index is 11.3. The van der Waals surface area contributed by atoms with E-state index in [2.05, 4.69) is 4.98 Å². The van der Waals surface area contributed by atoms with E-state index in [-0.39, 0.29) is 11.7 Å². The average molecular weight is 272 g/mol. The molecule has 1 aromatic carbocycles. The minimum Gasteiger partial charge on any atom is -0.291 e. The molecule has 2 rings (SSSR count). The van der Waals surface area contributed by atoms with Crippen molar-refractivity contribution in [3.05, 3.63) is 40.4 Å². The molecule has 0 atom stereocenters. The van der Waals surface area contributed by atoms with Crippen molar-refractivity contribution in [1.82, 2.24) is 4.98 Å². The summed E-state index contributed by atoms with van der Waals surface area (Å²) in [6, 6.07) is 7.40. The maximum absolute atomic E-state index is 11.3. The number of nitrogens with zero attached hydrogens (tertiary/aromatic N) is 1. The number of hydrogen-bond donors (Lipinski definition) is 0. The normalized spacial score (nSPS) is 10.4. The number of halogens is 2. The maximum Gasteiger partial charge on any atom is 0.196 e. The van der Waals surface area contributed by atoms with Crippen LogP contribution < -0.4 is 0 Å². The lowest BCUT2D eigenvalue weighted by molar-refractivity contribution is 0.101. The van der Waals surface area contributed by atoms with E-state index >= 15 is 0 Å². The largest absolute Gasteiger partial charge is 0.291 e. The van der Waals surface area contributed by atoms with E-state index in [9.17, 15) is 4.79 Å². The van der Waals surface area contributed by atoms with Crippen LogP contribution >= 0.6 is 34.5 Å². The summed E-state index contributed by atoms with van der Waals surface area (Å²) in [5.74, 6) is -0.220. The topological polar surface area (TPSA) is 30.0 Å². The molecule has 82 valence electrons. The van der Waals surface area contributed by atoms with Gasteiger partial charge in [-0.1, -0.05) is 29.8 Å². The number of hydrogen-bond acceptors (Lipinski definition) is 3. The first-order valence-corrected chi connectivity index (χ1v) is 6.31. The molecule has 0 aliphatic heterocycles. The molecule has 16 heavy (non-hydrogen) atoms. The Morgan fingerprint density at radius 3 is 2.81 bits per heavy atom. The van der Waals surface area contributed by atoms with E-state index in [0.717, 1.165) is 10.6 Å². The van der Waals surface area contributed by atoms with Gasteiger partial charge in [0.2, 0.25) is 0 Å². The Morgan fingerprint density at radius 2 is 2.12 bits per heavy atom. The molecule has 0 bridgehead atoms. The van der Waals surface area contributed by atoms with Gasteiger partial charge in [-0.05, 0) is 6.07 Å². The number of aromatic nitrogens is 1. The van der Waals surface area contributed by atoms with Crippen LogP contribution in [0.25, 0.3) is 10.6 Å². The Balaban J connectivity index is 2.39. The van der Waals surface area contributed by atoms with Gasteiger partial charge in [0, 0.05) is 10.9 Å². The molecular weight excluding hydrogens is 265 g/mol. The van der Waals surface area contributed by atoms with Crippen LogP contribution in [0.5, 0.6) is 0 Å². The van der Waals surface area contributed by atoms with E-state index in [4.69, 9.17) is 23.2 Å². The summed E-state index contributed by atoms with van der Waals surface area (Å²) >= 11 is 12.9. The number of Topliss-reactive ketones (excluding diaryl/α,β-unsaturated/α-hetero) is 1. The molecule has 0 saturated heterocycles. The van der Waals surface area contributed by atoms with Crippen LogP contribution in [-0.4, -0.2) is 16.6 Å². The summed E-state index contributed by atoms with van der Waals surface area (Å²) < 4.78 is 0. The molecule has 0 aliphatic carbocycles. The van der Waals surface area contributed by atoms with Crippen molar-refractivity contribution in [3.8, 4) is 10.6 Å².